The zero-order valence-corrected chi connectivity index (χ0v) is 24.4. The Balaban J connectivity index is 1.27. The first kappa shape index (κ1) is 23.9. The molecule has 9 aromatic rings. The van der Waals surface area contributed by atoms with Crippen LogP contribution in [0.5, 0.6) is 0 Å². The molecule has 0 unspecified atom stereocenters. The average molecular weight is 571 g/mol. The molecule has 45 heavy (non-hydrogen) atoms. The van der Waals surface area contributed by atoms with Crippen molar-refractivity contribution in [2.24, 2.45) is 0 Å². The SMILES string of the molecule is OC12c3cc4cc5ccccc5cc4cc3C(c3cc4cc5ccccc5cc4cc31)c1cc3cc4ccccc4cc3cc12. The number of aliphatic hydroxyl groups is 1. The standard InChI is InChI=1S/C44H26O/c45-44-40-22-34-16-28-10-4-1-7-25(28)13-31(34)19-37(40)43(38-20-32-14-26-8-2-5-11-29(26)17-35(32)23-41(38)44)39-21-33-15-27-9-3-6-12-30(27)18-36(33)24-42(39)44/h1-24,43,45H. The Bertz CT molecular complexity index is 2480. The van der Waals surface area contributed by atoms with Crippen molar-refractivity contribution >= 4 is 64.6 Å². The van der Waals surface area contributed by atoms with Crippen LogP contribution in [-0.2, 0) is 5.60 Å². The molecule has 0 radical (unpaired) electrons. The van der Waals surface area contributed by atoms with E-state index in [1.54, 1.807) is 0 Å². The maximum absolute atomic E-state index is 13.4. The fourth-order valence-electron chi connectivity index (χ4n) is 8.62. The van der Waals surface area contributed by atoms with E-state index >= 15 is 0 Å². The molecule has 1 heteroatoms. The third-order valence-electron chi connectivity index (χ3n) is 10.7. The van der Waals surface area contributed by atoms with E-state index in [4.69, 9.17) is 0 Å². The molecule has 0 saturated heterocycles. The van der Waals surface area contributed by atoms with Crippen LogP contribution in [0.25, 0.3) is 64.6 Å². The van der Waals surface area contributed by atoms with Gasteiger partial charge in [0.2, 0.25) is 0 Å². The van der Waals surface area contributed by atoms with Gasteiger partial charge in [0.05, 0.1) is 0 Å². The quantitative estimate of drug-likeness (QED) is 0.180. The van der Waals surface area contributed by atoms with Crippen molar-refractivity contribution in [2.45, 2.75) is 11.5 Å². The molecule has 2 bridgehead atoms. The van der Waals surface area contributed by atoms with Gasteiger partial charge in [-0.3, -0.25) is 0 Å². The molecule has 1 N–H and O–H groups in total. The van der Waals surface area contributed by atoms with Gasteiger partial charge in [-0.1, -0.05) is 72.8 Å². The lowest BCUT2D eigenvalue weighted by atomic mass is 9.57. The zero-order valence-electron chi connectivity index (χ0n) is 24.4. The molecule has 0 spiro atoms. The van der Waals surface area contributed by atoms with Gasteiger partial charge in [0.1, 0.15) is 5.60 Å². The maximum atomic E-state index is 13.4. The van der Waals surface area contributed by atoms with Gasteiger partial charge in [0.25, 0.3) is 0 Å². The summed E-state index contributed by atoms with van der Waals surface area (Å²) in [5.41, 5.74) is 5.39. The third kappa shape index (κ3) is 3.06. The van der Waals surface area contributed by atoms with Gasteiger partial charge in [-0.25, -0.2) is 0 Å². The van der Waals surface area contributed by atoms with E-state index in [-0.39, 0.29) is 5.92 Å². The van der Waals surface area contributed by atoms with E-state index in [2.05, 4.69) is 146 Å². The maximum Gasteiger partial charge on any atom is 0.141 e. The normalized spacial score (nSPS) is 18.2. The summed E-state index contributed by atoms with van der Waals surface area (Å²) < 4.78 is 0. The number of hydrogen-bond acceptors (Lipinski definition) is 1. The minimum absolute atomic E-state index is 0.0293. The second-order valence-electron chi connectivity index (χ2n) is 13.1. The van der Waals surface area contributed by atoms with E-state index in [1.807, 2.05) is 0 Å². The molecule has 208 valence electrons. The predicted octanol–water partition coefficient (Wildman–Crippen LogP) is 10.7. The Kier molecular flexibility index (Phi) is 4.33. The van der Waals surface area contributed by atoms with Crippen molar-refractivity contribution in [3.63, 3.8) is 0 Å². The van der Waals surface area contributed by atoms with Gasteiger partial charge in [-0.2, -0.15) is 0 Å². The average Bonchev–Trinajstić information content (AvgIpc) is 3.07. The van der Waals surface area contributed by atoms with Gasteiger partial charge >= 0.3 is 0 Å². The summed E-state index contributed by atoms with van der Waals surface area (Å²) in [4.78, 5) is 0. The largest absolute Gasteiger partial charge is 0.376 e. The summed E-state index contributed by atoms with van der Waals surface area (Å²) in [6.45, 7) is 0. The highest BCUT2D eigenvalue weighted by Gasteiger charge is 2.51. The van der Waals surface area contributed by atoms with Gasteiger partial charge in [0.15, 0.2) is 0 Å². The molecule has 3 aliphatic rings. The molecule has 0 saturated carbocycles. The Morgan fingerprint density at radius 1 is 0.311 bits per heavy atom. The lowest BCUT2D eigenvalue weighted by Gasteiger charge is -2.48. The van der Waals surface area contributed by atoms with Gasteiger partial charge < -0.3 is 5.11 Å². The van der Waals surface area contributed by atoms with E-state index in [1.165, 1.54) is 65.2 Å². The number of fused-ring (bicyclic) bond motifs is 6. The van der Waals surface area contributed by atoms with Crippen molar-refractivity contribution in [1.29, 1.82) is 0 Å². The molecule has 0 amide bonds. The van der Waals surface area contributed by atoms with E-state index in [9.17, 15) is 5.11 Å². The minimum Gasteiger partial charge on any atom is -0.376 e. The van der Waals surface area contributed by atoms with Crippen LogP contribution in [0.2, 0.25) is 0 Å². The Labute approximate surface area is 259 Å². The lowest BCUT2D eigenvalue weighted by molar-refractivity contribution is 0.114. The summed E-state index contributed by atoms with van der Waals surface area (Å²) in [6.07, 6.45) is 0. The van der Waals surface area contributed by atoms with Crippen molar-refractivity contribution in [3.8, 4) is 0 Å². The molecule has 0 aromatic heterocycles. The van der Waals surface area contributed by atoms with Crippen molar-refractivity contribution < 1.29 is 5.11 Å². The van der Waals surface area contributed by atoms with E-state index in [0.717, 1.165) is 32.8 Å². The van der Waals surface area contributed by atoms with Gasteiger partial charge in [-0.15, -0.1) is 0 Å². The second kappa shape index (κ2) is 8.15. The molecular weight excluding hydrogens is 544 g/mol. The highest BCUT2D eigenvalue weighted by atomic mass is 16.3. The molecule has 0 atom stereocenters. The van der Waals surface area contributed by atoms with Crippen LogP contribution in [0.4, 0.5) is 0 Å². The Morgan fingerprint density at radius 3 is 0.822 bits per heavy atom. The van der Waals surface area contributed by atoms with Crippen LogP contribution >= 0.6 is 0 Å². The van der Waals surface area contributed by atoms with Crippen molar-refractivity contribution in [3.05, 3.63) is 179 Å². The molecule has 9 aromatic carbocycles. The Hall–Kier alpha value is -5.50. The lowest BCUT2D eigenvalue weighted by Crippen LogP contribution is -2.42. The van der Waals surface area contributed by atoms with Crippen LogP contribution in [0.15, 0.2) is 146 Å². The molecule has 1 nitrogen and oxygen atoms in total. The third-order valence-corrected chi connectivity index (χ3v) is 10.7. The predicted molar refractivity (Wildman–Crippen MR) is 187 cm³/mol. The molecular formula is C44H26O. The number of benzene rings is 9. The second-order valence-corrected chi connectivity index (χ2v) is 13.1. The van der Waals surface area contributed by atoms with Crippen molar-refractivity contribution in [1.82, 2.24) is 0 Å². The first-order valence-corrected chi connectivity index (χ1v) is 15.7. The number of hydrogen-bond donors (Lipinski definition) is 1. The highest BCUT2D eigenvalue weighted by molar-refractivity contribution is 6.03. The summed E-state index contributed by atoms with van der Waals surface area (Å²) in [5, 5.41) is 27.9. The van der Waals surface area contributed by atoms with Crippen LogP contribution < -0.4 is 0 Å². The number of rotatable bonds is 0. The molecule has 0 heterocycles. The molecule has 0 aliphatic heterocycles. The zero-order chi connectivity index (χ0) is 29.4. The van der Waals surface area contributed by atoms with Crippen LogP contribution in [-0.4, -0.2) is 5.11 Å². The highest BCUT2D eigenvalue weighted by Crippen LogP contribution is 2.60. The van der Waals surface area contributed by atoms with Crippen molar-refractivity contribution in [2.75, 3.05) is 0 Å². The van der Waals surface area contributed by atoms with Crippen LogP contribution in [0.3, 0.4) is 0 Å². The molecule has 12 rings (SSSR count). The first-order valence-electron chi connectivity index (χ1n) is 15.7. The molecule has 3 aliphatic carbocycles. The first-order chi connectivity index (χ1) is 22.1. The summed E-state index contributed by atoms with van der Waals surface area (Å²) in [7, 11) is 0. The van der Waals surface area contributed by atoms with Gasteiger partial charge in [-0.05, 0) is 171 Å². The monoisotopic (exact) mass is 570 g/mol. The van der Waals surface area contributed by atoms with Crippen LogP contribution in [0.1, 0.15) is 39.3 Å². The Morgan fingerprint density at radius 2 is 0.556 bits per heavy atom. The topological polar surface area (TPSA) is 20.2 Å². The fraction of sp³-hybridized carbons (Fsp3) is 0.0455. The summed E-state index contributed by atoms with van der Waals surface area (Å²) >= 11 is 0. The smallest absolute Gasteiger partial charge is 0.141 e. The minimum atomic E-state index is -1.27. The fourth-order valence-corrected chi connectivity index (χ4v) is 8.62. The van der Waals surface area contributed by atoms with E-state index < -0.39 is 5.60 Å². The summed E-state index contributed by atoms with van der Waals surface area (Å²) in [6, 6.07) is 53.3. The summed E-state index contributed by atoms with van der Waals surface area (Å²) in [5.74, 6) is 0.0293. The van der Waals surface area contributed by atoms with Gasteiger partial charge in [0, 0.05) is 5.92 Å². The molecule has 0 fully saturated rings. The van der Waals surface area contributed by atoms with Crippen LogP contribution in [0, 0.1) is 0 Å². The van der Waals surface area contributed by atoms with E-state index in [0.29, 0.717) is 0 Å².